The molecule has 4 rings (SSSR count). The number of aliphatic carboxylic acids is 1. The van der Waals surface area contributed by atoms with Crippen molar-refractivity contribution in [3.8, 4) is 0 Å². The molecule has 2 heterocycles. The lowest BCUT2D eigenvalue weighted by molar-refractivity contribution is -0.136. The largest absolute Gasteiger partial charge is 0.481 e. The summed E-state index contributed by atoms with van der Waals surface area (Å²) in [6.45, 7) is 2.76. The van der Waals surface area contributed by atoms with Crippen molar-refractivity contribution in [3.05, 3.63) is 83.8 Å². The molecule has 0 aliphatic heterocycles. The van der Waals surface area contributed by atoms with Crippen LogP contribution in [0.5, 0.6) is 0 Å². The van der Waals surface area contributed by atoms with Crippen LogP contribution in [0.15, 0.2) is 66.9 Å². The first-order valence-electron chi connectivity index (χ1n) is 15.1. The van der Waals surface area contributed by atoms with Gasteiger partial charge in [0.05, 0.1) is 36.6 Å². The topological polar surface area (TPSA) is 154 Å². The summed E-state index contributed by atoms with van der Waals surface area (Å²) in [5, 5.41) is 19.9. The molecule has 13 heteroatoms. The maximum atomic E-state index is 13.5. The second-order valence-electron chi connectivity index (χ2n) is 10.6. The molecule has 0 atom stereocenters. The number of fused-ring (bicyclic) bond motifs is 1. The van der Waals surface area contributed by atoms with Gasteiger partial charge in [-0.2, -0.15) is 0 Å². The molecule has 0 fully saturated rings. The Morgan fingerprint density at radius 3 is 2.48 bits per heavy atom. The van der Waals surface area contributed by atoms with Crippen molar-refractivity contribution in [2.75, 3.05) is 29.0 Å². The standard InChI is InChI=1S/C33H38ClN7O5/c1-3-4-5-8-19-46-33(45)38-31(35)23-10-13-25(14-11-23)40(22-34)21-29-37-26-20-24(12-15-27(26)39(29)2)32(44)41(18-16-30(42)43)28-9-6-7-17-36-28/h6-7,9-15,17,20H,3-5,8,16,18-19,21-22H2,1-2H3,(H,42,43)(H2,35,38,45). The number of halogens is 1. The molecule has 242 valence electrons. The Hall–Kier alpha value is -4.97. The van der Waals surface area contributed by atoms with Crippen molar-refractivity contribution >= 4 is 57.9 Å². The molecule has 0 unspecified atom stereocenters. The zero-order valence-corrected chi connectivity index (χ0v) is 26.7. The predicted molar refractivity (Wildman–Crippen MR) is 178 cm³/mol. The lowest BCUT2D eigenvalue weighted by Crippen LogP contribution is -2.33. The molecule has 0 saturated carbocycles. The maximum absolute atomic E-state index is 13.5. The van der Waals surface area contributed by atoms with Gasteiger partial charge in [0.2, 0.25) is 0 Å². The van der Waals surface area contributed by atoms with Gasteiger partial charge in [0, 0.05) is 36.6 Å². The molecule has 0 spiro atoms. The molecule has 0 bridgehead atoms. The first kappa shape index (κ1) is 33.9. The molecule has 0 aliphatic rings. The number of nitrogens with zero attached hydrogens (tertiary/aromatic N) is 5. The molecule has 0 radical (unpaired) electrons. The van der Waals surface area contributed by atoms with Gasteiger partial charge in [0.15, 0.2) is 0 Å². The van der Waals surface area contributed by atoms with Crippen LogP contribution in [0.25, 0.3) is 11.0 Å². The zero-order chi connectivity index (χ0) is 33.1. The van der Waals surface area contributed by atoms with Crippen LogP contribution in [0.1, 0.15) is 60.8 Å². The average Bonchev–Trinajstić information content (AvgIpc) is 3.37. The number of ether oxygens (including phenoxy) is 1. The van der Waals surface area contributed by atoms with Crippen LogP contribution in [0, 0.1) is 5.41 Å². The highest BCUT2D eigenvalue weighted by atomic mass is 35.5. The van der Waals surface area contributed by atoms with Crippen LogP contribution < -0.4 is 15.1 Å². The second-order valence-corrected chi connectivity index (χ2v) is 10.9. The fourth-order valence-corrected chi connectivity index (χ4v) is 5.06. The molecule has 3 N–H and O–H groups in total. The third kappa shape index (κ3) is 8.81. The number of alkyl halides is 1. The summed E-state index contributed by atoms with van der Waals surface area (Å²) in [6.07, 6.45) is 4.66. The summed E-state index contributed by atoms with van der Waals surface area (Å²) in [6, 6.07) is 17.5. The summed E-state index contributed by atoms with van der Waals surface area (Å²) in [4.78, 5) is 49.1. The van der Waals surface area contributed by atoms with Crippen LogP contribution in [0.3, 0.4) is 0 Å². The highest BCUT2D eigenvalue weighted by Gasteiger charge is 2.21. The molecule has 0 aliphatic carbocycles. The SMILES string of the molecule is CCCCCCOC(=O)NC(=N)c1ccc(N(CCl)Cc2nc3cc(C(=O)N(CCC(=O)O)c4ccccn4)ccc3n2C)cc1. The summed E-state index contributed by atoms with van der Waals surface area (Å²) >= 11 is 6.34. The number of alkyl carbamates (subject to hydrolysis) is 1. The molecule has 0 saturated heterocycles. The number of carbonyl (C=O) groups is 3. The van der Waals surface area contributed by atoms with Crippen LogP contribution in [0.2, 0.25) is 0 Å². The minimum atomic E-state index is -1.01. The van der Waals surface area contributed by atoms with E-state index < -0.39 is 12.1 Å². The van der Waals surface area contributed by atoms with E-state index in [-0.39, 0.29) is 30.7 Å². The Morgan fingerprint density at radius 2 is 1.80 bits per heavy atom. The van der Waals surface area contributed by atoms with E-state index in [0.717, 1.165) is 36.9 Å². The van der Waals surface area contributed by atoms with Gasteiger partial charge in [-0.1, -0.05) is 32.3 Å². The molecule has 2 amide bonds. The summed E-state index contributed by atoms with van der Waals surface area (Å²) in [5.41, 5.74) is 3.07. The number of anilines is 2. The summed E-state index contributed by atoms with van der Waals surface area (Å²) in [7, 11) is 1.88. The quantitative estimate of drug-likeness (QED) is 0.0472. The van der Waals surface area contributed by atoms with E-state index in [2.05, 4.69) is 17.2 Å². The van der Waals surface area contributed by atoms with Crippen LogP contribution in [0.4, 0.5) is 16.3 Å². The number of rotatable bonds is 15. The van der Waals surface area contributed by atoms with Gasteiger partial charge < -0.3 is 19.3 Å². The smallest absolute Gasteiger partial charge is 0.412 e. The number of pyridine rings is 1. The monoisotopic (exact) mass is 647 g/mol. The lowest BCUT2D eigenvalue weighted by atomic mass is 10.1. The molecule has 2 aromatic heterocycles. The Labute approximate surface area is 272 Å². The van der Waals surface area contributed by atoms with Gasteiger partial charge in [0.1, 0.15) is 17.5 Å². The minimum absolute atomic E-state index is 0.0289. The summed E-state index contributed by atoms with van der Waals surface area (Å²) < 4.78 is 7.09. The predicted octanol–water partition coefficient (Wildman–Crippen LogP) is 5.92. The van der Waals surface area contributed by atoms with Crippen molar-refractivity contribution in [1.29, 1.82) is 5.41 Å². The van der Waals surface area contributed by atoms with E-state index in [1.54, 1.807) is 48.7 Å². The molecule has 2 aromatic carbocycles. The number of amides is 2. The van der Waals surface area contributed by atoms with E-state index in [1.165, 1.54) is 4.90 Å². The molecular weight excluding hydrogens is 610 g/mol. The van der Waals surface area contributed by atoms with Gasteiger partial charge in [-0.15, -0.1) is 11.6 Å². The van der Waals surface area contributed by atoms with E-state index in [9.17, 15) is 19.5 Å². The Kier molecular flexibility index (Phi) is 12.1. The first-order chi connectivity index (χ1) is 22.2. The number of nitrogens with one attached hydrogen (secondary N) is 2. The number of carboxylic acids is 1. The Bertz CT molecular complexity index is 1660. The van der Waals surface area contributed by atoms with Gasteiger partial charge in [0.25, 0.3) is 5.91 Å². The van der Waals surface area contributed by atoms with Crippen LogP contribution in [-0.2, 0) is 23.1 Å². The number of imidazole rings is 1. The fourth-order valence-electron chi connectivity index (χ4n) is 4.84. The highest BCUT2D eigenvalue weighted by Crippen LogP contribution is 2.23. The van der Waals surface area contributed by atoms with E-state index in [4.69, 9.17) is 26.7 Å². The third-order valence-corrected chi connectivity index (χ3v) is 7.69. The fraction of sp³-hybridized carbons (Fsp3) is 0.333. The van der Waals surface area contributed by atoms with E-state index >= 15 is 0 Å². The van der Waals surface area contributed by atoms with Gasteiger partial charge in [-0.25, -0.2) is 14.8 Å². The van der Waals surface area contributed by atoms with Crippen LogP contribution in [-0.4, -0.2) is 62.6 Å². The molecule has 12 nitrogen and oxygen atoms in total. The number of carboxylic acid groups (broad SMARTS) is 1. The minimum Gasteiger partial charge on any atom is -0.481 e. The van der Waals surface area contributed by atoms with Crippen molar-refractivity contribution in [1.82, 2.24) is 19.9 Å². The number of hydrogen-bond acceptors (Lipinski definition) is 8. The number of aromatic nitrogens is 3. The van der Waals surface area contributed by atoms with Crippen molar-refractivity contribution in [2.45, 2.75) is 45.6 Å². The number of unbranched alkanes of at least 4 members (excludes halogenated alkanes) is 3. The van der Waals surface area contributed by atoms with Crippen LogP contribution >= 0.6 is 11.6 Å². The lowest BCUT2D eigenvalue weighted by Gasteiger charge is -2.22. The number of hydrogen-bond donors (Lipinski definition) is 3. The second kappa shape index (κ2) is 16.4. The Balaban J connectivity index is 1.45. The maximum Gasteiger partial charge on any atom is 0.412 e. The van der Waals surface area contributed by atoms with Crippen molar-refractivity contribution < 1.29 is 24.2 Å². The molecule has 46 heavy (non-hydrogen) atoms. The number of aryl methyl sites for hydroxylation is 1. The van der Waals surface area contributed by atoms with Gasteiger partial charge >= 0.3 is 12.1 Å². The highest BCUT2D eigenvalue weighted by molar-refractivity contribution is 6.19. The van der Waals surface area contributed by atoms with Crippen molar-refractivity contribution in [3.63, 3.8) is 0 Å². The zero-order valence-electron chi connectivity index (χ0n) is 25.9. The number of amidine groups is 1. The summed E-state index contributed by atoms with van der Waals surface area (Å²) in [5.74, 6) is -0.388. The van der Waals surface area contributed by atoms with Gasteiger partial charge in [-0.3, -0.25) is 25.2 Å². The molecule has 4 aromatic rings. The average molecular weight is 648 g/mol. The number of benzene rings is 2. The number of carbonyl (C=O) groups excluding carboxylic acids is 2. The normalized spacial score (nSPS) is 10.8. The molecular formula is C33H38ClN7O5. The Morgan fingerprint density at radius 1 is 1.04 bits per heavy atom. The van der Waals surface area contributed by atoms with Crippen molar-refractivity contribution in [2.24, 2.45) is 7.05 Å². The first-order valence-corrected chi connectivity index (χ1v) is 15.6. The third-order valence-electron chi connectivity index (χ3n) is 7.40. The van der Waals surface area contributed by atoms with E-state index in [0.29, 0.717) is 41.4 Å². The van der Waals surface area contributed by atoms with E-state index in [1.807, 2.05) is 34.7 Å². The van der Waals surface area contributed by atoms with Gasteiger partial charge in [-0.05, 0) is 61.0 Å².